The fourth-order valence-electron chi connectivity index (χ4n) is 1.86. The third-order valence-corrected chi connectivity index (χ3v) is 3.69. The summed E-state index contributed by atoms with van der Waals surface area (Å²) >= 11 is 1.51. The molecule has 1 radical (unpaired) electrons. The van der Waals surface area contributed by atoms with Crippen molar-refractivity contribution in [1.82, 2.24) is 4.98 Å². The molecular weight excluding hydrogens is 228 g/mol. The van der Waals surface area contributed by atoms with Crippen molar-refractivity contribution in [3.05, 3.63) is 36.6 Å². The third-order valence-electron chi connectivity index (χ3n) is 3.10. The number of benzene rings is 1. The standard InChI is InChI=1S/C14H15N2S/c1-17-12-6-4-11-5-7-14(16-13(11)8-12)15-9-10-2-3-10/h4-8,10H,1-3,9H2,(H,15,16). The summed E-state index contributed by atoms with van der Waals surface area (Å²) in [5.41, 5.74) is 1.04. The molecule has 0 saturated heterocycles. The van der Waals surface area contributed by atoms with Gasteiger partial charge in [0.05, 0.1) is 5.52 Å². The van der Waals surface area contributed by atoms with Crippen molar-refractivity contribution < 1.29 is 0 Å². The summed E-state index contributed by atoms with van der Waals surface area (Å²) in [6.07, 6.45) is 6.55. The minimum atomic E-state index is 0.870. The lowest BCUT2D eigenvalue weighted by molar-refractivity contribution is 0.884. The molecule has 3 heteroatoms. The lowest BCUT2D eigenvalue weighted by Crippen LogP contribution is -2.04. The summed E-state index contributed by atoms with van der Waals surface area (Å²) < 4.78 is 0. The molecule has 87 valence electrons. The number of pyridine rings is 1. The van der Waals surface area contributed by atoms with Crippen LogP contribution in [-0.4, -0.2) is 11.5 Å². The normalized spacial score (nSPS) is 15.1. The summed E-state index contributed by atoms with van der Waals surface area (Å²) in [7, 11) is 0. The first-order valence-corrected chi connectivity index (χ1v) is 6.90. The van der Waals surface area contributed by atoms with E-state index in [1.807, 2.05) is 0 Å². The molecule has 0 amide bonds. The Balaban J connectivity index is 1.86. The SMILES string of the molecule is [CH2]Sc1ccc2ccc(NCC3CC3)nc2c1. The Bertz CT molecular complexity index is 535. The monoisotopic (exact) mass is 243 g/mol. The molecule has 17 heavy (non-hydrogen) atoms. The van der Waals surface area contributed by atoms with Gasteiger partial charge in [0.15, 0.2) is 0 Å². The first-order chi connectivity index (χ1) is 8.35. The molecule has 1 heterocycles. The van der Waals surface area contributed by atoms with Crippen LogP contribution in [-0.2, 0) is 0 Å². The van der Waals surface area contributed by atoms with E-state index < -0.39 is 0 Å². The van der Waals surface area contributed by atoms with E-state index >= 15 is 0 Å². The van der Waals surface area contributed by atoms with E-state index in [1.165, 1.54) is 30.0 Å². The van der Waals surface area contributed by atoms with Crippen LogP contribution >= 0.6 is 11.8 Å². The first kappa shape index (κ1) is 10.9. The minimum absolute atomic E-state index is 0.870. The van der Waals surface area contributed by atoms with E-state index in [0.717, 1.165) is 28.7 Å². The van der Waals surface area contributed by atoms with Crippen molar-refractivity contribution in [2.24, 2.45) is 5.92 Å². The van der Waals surface area contributed by atoms with Gasteiger partial charge in [0.25, 0.3) is 0 Å². The van der Waals surface area contributed by atoms with Crippen molar-refractivity contribution in [3.63, 3.8) is 0 Å². The topological polar surface area (TPSA) is 24.9 Å². The zero-order valence-corrected chi connectivity index (χ0v) is 10.5. The number of hydrogen-bond donors (Lipinski definition) is 1. The van der Waals surface area contributed by atoms with Crippen LogP contribution in [0.15, 0.2) is 35.2 Å². The summed E-state index contributed by atoms with van der Waals surface area (Å²) in [5.74, 6) is 1.85. The highest BCUT2D eigenvalue weighted by molar-refractivity contribution is 8.00. The third kappa shape index (κ3) is 2.55. The van der Waals surface area contributed by atoms with Crippen LogP contribution in [0.5, 0.6) is 0 Å². The van der Waals surface area contributed by atoms with Gasteiger partial charge in [-0.05, 0) is 43.0 Å². The van der Waals surface area contributed by atoms with Gasteiger partial charge in [-0.25, -0.2) is 4.98 Å². The molecule has 1 aliphatic carbocycles. The van der Waals surface area contributed by atoms with E-state index in [0.29, 0.717) is 0 Å². The van der Waals surface area contributed by atoms with E-state index in [1.54, 1.807) is 0 Å². The maximum atomic E-state index is 4.63. The Morgan fingerprint density at radius 2 is 2.12 bits per heavy atom. The van der Waals surface area contributed by atoms with Gasteiger partial charge in [-0.1, -0.05) is 6.07 Å². The Morgan fingerprint density at radius 3 is 2.88 bits per heavy atom. The molecule has 1 aliphatic rings. The van der Waals surface area contributed by atoms with Gasteiger partial charge in [0.2, 0.25) is 0 Å². The molecule has 0 spiro atoms. The summed E-state index contributed by atoms with van der Waals surface area (Å²) in [6, 6.07) is 10.5. The average Bonchev–Trinajstić information content (AvgIpc) is 3.19. The van der Waals surface area contributed by atoms with E-state index in [2.05, 4.69) is 46.9 Å². The average molecular weight is 243 g/mol. The second-order valence-corrected chi connectivity index (χ2v) is 5.28. The summed E-state index contributed by atoms with van der Waals surface area (Å²) in [5, 5.41) is 4.58. The van der Waals surface area contributed by atoms with Crippen molar-refractivity contribution in [3.8, 4) is 0 Å². The smallest absolute Gasteiger partial charge is 0.126 e. The Morgan fingerprint density at radius 1 is 1.29 bits per heavy atom. The van der Waals surface area contributed by atoms with Gasteiger partial charge in [-0.3, -0.25) is 0 Å². The van der Waals surface area contributed by atoms with E-state index in [-0.39, 0.29) is 0 Å². The van der Waals surface area contributed by atoms with Gasteiger partial charge in [0.1, 0.15) is 5.82 Å². The first-order valence-electron chi connectivity index (χ1n) is 5.92. The molecule has 0 aliphatic heterocycles. The fraction of sp³-hybridized carbons (Fsp3) is 0.286. The predicted octanol–water partition coefficient (Wildman–Crippen LogP) is 3.94. The van der Waals surface area contributed by atoms with Crippen LogP contribution in [0, 0.1) is 12.2 Å². The summed E-state index contributed by atoms with van der Waals surface area (Å²) in [6.45, 7) is 1.06. The predicted molar refractivity (Wildman–Crippen MR) is 74.2 cm³/mol. The number of nitrogens with one attached hydrogen (secondary N) is 1. The van der Waals surface area contributed by atoms with Crippen LogP contribution in [0.2, 0.25) is 0 Å². The van der Waals surface area contributed by atoms with Gasteiger partial charge < -0.3 is 5.32 Å². The number of hydrogen-bond acceptors (Lipinski definition) is 3. The number of anilines is 1. The van der Waals surface area contributed by atoms with Gasteiger partial charge in [-0.2, -0.15) is 0 Å². The molecule has 1 fully saturated rings. The number of aromatic nitrogens is 1. The molecule has 2 nitrogen and oxygen atoms in total. The lowest BCUT2D eigenvalue weighted by atomic mass is 10.2. The maximum absolute atomic E-state index is 4.63. The molecule has 1 aromatic carbocycles. The zero-order chi connectivity index (χ0) is 11.7. The van der Waals surface area contributed by atoms with Crippen LogP contribution < -0.4 is 5.32 Å². The van der Waals surface area contributed by atoms with Crippen molar-refractivity contribution in [1.29, 1.82) is 0 Å². The molecule has 0 unspecified atom stereocenters. The van der Waals surface area contributed by atoms with E-state index in [4.69, 9.17) is 0 Å². The molecule has 1 N–H and O–H groups in total. The quantitative estimate of drug-likeness (QED) is 0.823. The zero-order valence-electron chi connectivity index (χ0n) is 9.65. The Kier molecular flexibility index (Phi) is 2.93. The molecule has 2 aromatic rings. The van der Waals surface area contributed by atoms with Crippen molar-refractivity contribution >= 4 is 28.5 Å². The van der Waals surface area contributed by atoms with Crippen molar-refractivity contribution in [2.45, 2.75) is 17.7 Å². The largest absolute Gasteiger partial charge is 0.370 e. The highest BCUT2D eigenvalue weighted by atomic mass is 32.2. The van der Waals surface area contributed by atoms with Gasteiger partial charge >= 0.3 is 0 Å². The van der Waals surface area contributed by atoms with Gasteiger partial charge in [-0.15, -0.1) is 11.8 Å². The lowest BCUT2D eigenvalue weighted by Gasteiger charge is -2.06. The van der Waals surface area contributed by atoms with Crippen LogP contribution in [0.3, 0.4) is 0 Å². The molecular formula is C14H15N2S. The minimum Gasteiger partial charge on any atom is -0.370 e. The van der Waals surface area contributed by atoms with Crippen LogP contribution in [0.1, 0.15) is 12.8 Å². The van der Waals surface area contributed by atoms with Crippen molar-refractivity contribution in [2.75, 3.05) is 11.9 Å². The maximum Gasteiger partial charge on any atom is 0.126 e. The Hall–Kier alpha value is -1.22. The molecule has 0 bridgehead atoms. The second-order valence-electron chi connectivity index (χ2n) is 4.52. The van der Waals surface area contributed by atoms with Gasteiger partial charge in [0, 0.05) is 23.1 Å². The molecule has 3 rings (SSSR count). The number of rotatable bonds is 4. The number of fused-ring (bicyclic) bond motifs is 1. The number of thioether (sulfide) groups is 1. The summed E-state index contributed by atoms with van der Waals surface area (Å²) in [4.78, 5) is 5.79. The Labute approximate surface area is 106 Å². The highest BCUT2D eigenvalue weighted by Crippen LogP contribution is 2.29. The molecule has 1 saturated carbocycles. The fourth-order valence-corrected chi connectivity index (χ4v) is 2.22. The van der Waals surface area contributed by atoms with Crippen LogP contribution in [0.4, 0.5) is 5.82 Å². The second kappa shape index (κ2) is 4.57. The number of nitrogens with zero attached hydrogens (tertiary/aromatic N) is 1. The molecule has 1 aromatic heterocycles. The highest BCUT2D eigenvalue weighted by Gasteiger charge is 2.20. The van der Waals surface area contributed by atoms with Crippen LogP contribution in [0.25, 0.3) is 10.9 Å². The van der Waals surface area contributed by atoms with E-state index in [9.17, 15) is 0 Å². The molecule has 0 atom stereocenters.